The van der Waals surface area contributed by atoms with Gasteiger partial charge in [0.15, 0.2) is 0 Å². The molecule has 2 fully saturated rings. The first-order valence-corrected chi connectivity index (χ1v) is 5.03. The van der Waals surface area contributed by atoms with Crippen LogP contribution in [-0.4, -0.2) is 5.78 Å². The third-order valence-corrected chi connectivity index (χ3v) is 3.45. The Balaban J connectivity index is 1.77. The van der Waals surface area contributed by atoms with Gasteiger partial charge < -0.3 is 0 Å². The van der Waals surface area contributed by atoms with Gasteiger partial charge in [0.05, 0.1) is 0 Å². The fourth-order valence-corrected chi connectivity index (χ4v) is 1.79. The topological polar surface area (TPSA) is 17.1 Å². The molecule has 0 aromatic carbocycles. The normalized spacial score (nSPS) is 28.2. The third kappa shape index (κ3) is 1.88. The summed E-state index contributed by atoms with van der Waals surface area (Å²) in [6, 6.07) is 0. The molecule has 68 valence electrons. The zero-order chi connectivity index (χ0) is 8.82. The van der Waals surface area contributed by atoms with Crippen LogP contribution in [0, 0.1) is 10.8 Å². The predicted molar refractivity (Wildman–Crippen MR) is 48.9 cm³/mol. The van der Waals surface area contributed by atoms with Gasteiger partial charge in [-0.05, 0) is 36.5 Å². The van der Waals surface area contributed by atoms with E-state index in [9.17, 15) is 4.79 Å². The van der Waals surface area contributed by atoms with E-state index in [2.05, 4.69) is 13.8 Å². The summed E-state index contributed by atoms with van der Waals surface area (Å²) in [7, 11) is 0. The largest absolute Gasteiger partial charge is 0.300 e. The van der Waals surface area contributed by atoms with E-state index in [0.717, 1.165) is 12.8 Å². The molecule has 0 spiro atoms. The Morgan fingerprint density at radius 3 is 1.58 bits per heavy atom. The SMILES string of the molecule is CC1(CC(=O)CC2(C)CC2)CC1. The summed E-state index contributed by atoms with van der Waals surface area (Å²) in [5.41, 5.74) is 0.838. The molecule has 0 unspecified atom stereocenters. The Kier molecular flexibility index (Phi) is 1.61. The predicted octanol–water partition coefficient (Wildman–Crippen LogP) is 2.94. The number of Topliss-reactive ketones (excluding diaryl/α,β-unsaturated/α-hetero) is 1. The summed E-state index contributed by atoms with van der Waals surface area (Å²) in [5.74, 6) is 0.509. The number of hydrogen-bond donors (Lipinski definition) is 0. The molecule has 2 saturated carbocycles. The molecule has 0 amide bonds. The molecule has 0 N–H and O–H groups in total. The first kappa shape index (κ1) is 8.28. The van der Waals surface area contributed by atoms with Crippen LogP contribution in [0.3, 0.4) is 0 Å². The van der Waals surface area contributed by atoms with Gasteiger partial charge in [-0.25, -0.2) is 0 Å². The van der Waals surface area contributed by atoms with Gasteiger partial charge in [0, 0.05) is 12.8 Å². The molecule has 0 bridgehead atoms. The van der Waals surface area contributed by atoms with Crippen LogP contribution in [0.2, 0.25) is 0 Å². The third-order valence-electron chi connectivity index (χ3n) is 3.45. The average Bonchev–Trinajstić information content (AvgIpc) is 2.76. The van der Waals surface area contributed by atoms with Crippen LogP contribution in [0.1, 0.15) is 52.4 Å². The molecular formula is C11H18O. The molecule has 2 rings (SSSR count). The molecular weight excluding hydrogens is 148 g/mol. The van der Waals surface area contributed by atoms with Gasteiger partial charge in [-0.2, -0.15) is 0 Å². The second kappa shape index (κ2) is 2.34. The van der Waals surface area contributed by atoms with Gasteiger partial charge in [0.25, 0.3) is 0 Å². The van der Waals surface area contributed by atoms with Gasteiger partial charge >= 0.3 is 0 Å². The maximum Gasteiger partial charge on any atom is 0.133 e. The van der Waals surface area contributed by atoms with E-state index in [1.54, 1.807) is 0 Å². The van der Waals surface area contributed by atoms with Crippen LogP contribution in [-0.2, 0) is 4.79 Å². The van der Waals surface area contributed by atoms with Crippen molar-refractivity contribution in [3.05, 3.63) is 0 Å². The van der Waals surface area contributed by atoms with E-state index < -0.39 is 0 Å². The first-order chi connectivity index (χ1) is 5.52. The highest BCUT2D eigenvalue weighted by Gasteiger charge is 2.43. The molecule has 0 aliphatic heterocycles. The molecule has 2 aliphatic carbocycles. The highest BCUT2D eigenvalue weighted by Crippen LogP contribution is 2.52. The summed E-state index contributed by atoms with van der Waals surface area (Å²) in [5, 5.41) is 0. The molecule has 0 saturated heterocycles. The lowest BCUT2D eigenvalue weighted by Crippen LogP contribution is -2.10. The second-order valence-electron chi connectivity index (χ2n) is 5.51. The second-order valence-corrected chi connectivity index (χ2v) is 5.51. The maximum atomic E-state index is 11.6. The lowest BCUT2D eigenvalue weighted by Gasteiger charge is -2.09. The minimum absolute atomic E-state index is 0.419. The fraction of sp³-hybridized carbons (Fsp3) is 0.909. The Bertz CT molecular complexity index is 187. The van der Waals surface area contributed by atoms with E-state index in [1.807, 2.05) is 0 Å². The van der Waals surface area contributed by atoms with Crippen LogP contribution >= 0.6 is 0 Å². The monoisotopic (exact) mass is 166 g/mol. The minimum Gasteiger partial charge on any atom is -0.300 e. The molecule has 1 nitrogen and oxygen atoms in total. The quantitative estimate of drug-likeness (QED) is 0.627. The molecule has 1 heteroatoms. The highest BCUT2D eigenvalue weighted by molar-refractivity contribution is 5.80. The summed E-state index contributed by atoms with van der Waals surface area (Å²) in [6.45, 7) is 4.47. The van der Waals surface area contributed by atoms with Gasteiger partial charge in [0.2, 0.25) is 0 Å². The average molecular weight is 166 g/mol. The van der Waals surface area contributed by atoms with Crippen molar-refractivity contribution in [2.45, 2.75) is 52.4 Å². The van der Waals surface area contributed by atoms with Crippen LogP contribution in [0.4, 0.5) is 0 Å². The molecule has 0 atom stereocenters. The number of ketones is 1. The molecule has 2 aliphatic rings. The van der Waals surface area contributed by atoms with Crippen LogP contribution in [0.5, 0.6) is 0 Å². The minimum atomic E-state index is 0.419. The van der Waals surface area contributed by atoms with E-state index >= 15 is 0 Å². The summed E-state index contributed by atoms with van der Waals surface area (Å²) < 4.78 is 0. The smallest absolute Gasteiger partial charge is 0.133 e. The summed E-state index contributed by atoms with van der Waals surface area (Å²) in [6.07, 6.45) is 6.79. The maximum absolute atomic E-state index is 11.6. The summed E-state index contributed by atoms with van der Waals surface area (Å²) in [4.78, 5) is 11.6. The Morgan fingerprint density at radius 2 is 1.33 bits per heavy atom. The van der Waals surface area contributed by atoms with Crippen molar-refractivity contribution in [1.82, 2.24) is 0 Å². The van der Waals surface area contributed by atoms with Crippen molar-refractivity contribution in [2.24, 2.45) is 10.8 Å². The van der Waals surface area contributed by atoms with Crippen molar-refractivity contribution in [2.75, 3.05) is 0 Å². The van der Waals surface area contributed by atoms with E-state index in [1.165, 1.54) is 25.7 Å². The van der Waals surface area contributed by atoms with Crippen LogP contribution in [0.15, 0.2) is 0 Å². The van der Waals surface area contributed by atoms with Crippen LogP contribution < -0.4 is 0 Å². The Morgan fingerprint density at radius 1 is 1.00 bits per heavy atom. The molecule has 12 heavy (non-hydrogen) atoms. The molecule has 0 aromatic heterocycles. The summed E-state index contributed by atoms with van der Waals surface area (Å²) >= 11 is 0. The van der Waals surface area contributed by atoms with Crippen LogP contribution in [0.25, 0.3) is 0 Å². The lowest BCUT2D eigenvalue weighted by molar-refractivity contribution is -0.121. The number of rotatable bonds is 4. The van der Waals surface area contributed by atoms with Gasteiger partial charge in [0.1, 0.15) is 5.78 Å². The van der Waals surface area contributed by atoms with Gasteiger partial charge in [-0.1, -0.05) is 13.8 Å². The zero-order valence-corrected chi connectivity index (χ0v) is 8.15. The van der Waals surface area contributed by atoms with Crippen molar-refractivity contribution in [1.29, 1.82) is 0 Å². The van der Waals surface area contributed by atoms with Crippen molar-refractivity contribution in [3.63, 3.8) is 0 Å². The van der Waals surface area contributed by atoms with Crippen molar-refractivity contribution in [3.8, 4) is 0 Å². The van der Waals surface area contributed by atoms with Crippen molar-refractivity contribution < 1.29 is 4.79 Å². The Labute approximate surface area is 74.5 Å². The molecule has 0 heterocycles. The van der Waals surface area contributed by atoms with Gasteiger partial charge in [-0.3, -0.25) is 4.79 Å². The van der Waals surface area contributed by atoms with E-state index in [0.29, 0.717) is 16.6 Å². The number of carbonyl (C=O) groups excluding carboxylic acids is 1. The van der Waals surface area contributed by atoms with Crippen molar-refractivity contribution >= 4 is 5.78 Å². The Hall–Kier alpha value is -0.330. The number of hydrogen-bond acceptors (Lipinski definition) is 1. The van der Waals surface area contributed by atoms with E-state index in [4.69, 9.17) is 0 Å². The highest BCUT2D eigenvalue weighted by atomic mass is 16.1. The van der Waals surface area contributed by atoms with Gasteiger partial charge in [-0.15, -0.1) is 0 Å². The van der Waals surface area contributed by atoms with E-state index in [-0.39, 0.29) is 0 Å². The first-order valence-electron chi connectivity index (χ1n) is 5.03. The standard InChI is InChI=1S/C11H18O/c1-10(3-4-10)7-9(12)8-11(2)5-6-11/h3-8H2,1-2H3. The molecule has 0 aromatic rings. The zero-order valence-electron chi connectivity index (χ0n) is 8.15. The fourth-order valence-electron chi connectivity index (χ4n) is 1.79. The number of carbonyl (C=O) groups is 1. The lowest BCUT2D eigenvalue weighted by atomic mass is 9.94. The molecule has 0 radical (unpaired) electrons.